The molecule has 5 nitrogen and oxygen atoms in total. The van der Waals surface area contributed by atoms with Crippen LogP contribution in [-0.4, -0.2) is 30.1 Å². The highest BCUT2D eigenvalue weighted by molar-refractivity contribution is 5.82. The first-order valence-corrected chi connectivity index (χ1v) is 7.12. The highest BCUT2D eigenvalue weighted by atomic mass is 16.4. The van der Waals surface area contributed by atoms with Crippen molar-refractivity contribution in [2.45, 2.75) is 52.9 Å². The van der Waals surface area contributed by atoms with Crippen LogP contribution < -0.4 is 11.1 Å². The summed E-state index contributed by atoms with van der Waals surface area (Å²) in [5.74, 6) is -0.452. The molecule has 0 heterocycles. The second-order valence-electron chi connectivity index (χ2n) is 5.27. The van der Waals surface area contributed by atoms with Gasteiger partial charge in [-0.15, -0.1) is 0 Å². The molecule has 0 saturated carbocycles. The van der Waals surface area contributed by atoms with Crippen molar-refractivity contribution >= 4 is 11.9 Å². The van der Waals surface area contributed by atoms with Crippen molar-refractivity contribution in [1.29, 1.82) is 0 Å². The molecule has 0 aliphatic rings. The number of nitrogens with one attached hydrogen (secondary N) is 1. The Labute approximate surface area is 115 Å². The molecule has 112 valence electrons. The lowest BCUT2D eigenvalue weighted by molar-refractivity contribution is -0.137. The monoisotopic (exact) mass is 272 g/mol. The maximum Gasteiger partial charge on any atom is 0.303 e. The summed E-state index contributed by atoms with van der Waals surface area (Å²) in [6.45, 7) is 6.91. The summed E-state index contributed by atoms with van der Waals surface area (Å²) in [6.07, 6.45) is 3.11. The Hall–Kier alpha value is -1.10. The summed E-state index contributed by atoms with van der Waals surface area (Å²) in [7, 11) is 0. The lowest BCUT2D eigenvalue weighted by atomic mass is 9.81. The summed E-state index contributed by atoms with van der Waals surface area (Å²) >= 11 is 0. The average molecular weight is 272 g/mol. The second kappa shape index (κ2) is 8.91. The molecule has 0 aliphatic heterocycles. The molecule has 0 fully saturated rings. The maximum absolute atomic E-state index is 12.1. The van der Waals surface area contributed by atoms with Gasteiger partial charge < -0.3 is 16.2 Å². The molecule has 0 rings (SSSR count). The first-order chi connectivity index (χ1) is 8.91. The van der Waals surface area contributed by atoms with Gasteiger partial charge in [0.2, 0.25) is 5.91 Å². The summed E-state index contributed by atoms with van der Waals surface area (Å²) in [6, 6.07) is 0. The molecular weight excluding hydrogens is 244 g/mol. The van der Waals surface area contributed by atoms with Gasteiger partial charge in [0.1, 0.15) is 0 Å². The van der Waals surface area contributed by atoms with Crippen molar-refractivity contribution in [2.75, 3.05) is 13.1 Å². The third kappa shape index (κ3) is 6.05. The molecule has 0 aromatic rings. The smallest absolute Gasteiger partial charge is 0.303 e. The molecule has 0 bridgehead atoms. The fraction of sp³-hybridized carbons (Fsp3) is 0.857. The molecule has 1 unspecified atom stereocenters. The molecule has 0 aliphatic carbocycles. The standard InChI is InChI=1S/C14H28N2O3/c1-4-14(5-2,10-15)13(19)16-9-8-11(3)6-7-12(17)18/h11H,4-10,15H2,1-3H3,(H,16,19)(H,17,18). The molecule has 0 radical (unpaired) electrons. The second-order valence-corrected chi connectivity index (χ2v) is 5.27. The number of nitrogens with two attached hydrogens (primary N) is 1. The van der Waals surface area contributed by atoms with Gasteiger partial charge in [0.15, 0.2) is 0 Å². The Morgan fingerprint density at radius 3 is 2.26 bits per heavy atom. The third-order valence-electron chi connectivity index (χ3n) is 4.00. The predicted molar refractivity (Wildman–Crippen MR) is 75.7 cm³/mol. The van der Waals surface area contributed by atoms with Crippen LogP contribution in [-0.2, 0) is 9.59 Å². The van der Waals surface area contributed by atoms with Gasteiger partial charge in [0.25, 0.3) is 0 Å². The highest BCUT2D eigenvalue weighted by Crippen LogP contribution is 2.24. The topological polar surface area (TPSA) is 92.4 Å². The zero-order valence-corrected chi connectivity index (χ0v) is 12.4. The fourth-order valence-corrected chi connectivity index (χ4v) is 2.09. The number of rotatable bonds is 10. The molecule has 19 heavy (non-hydrogen) atoms. The zero-order valence-electron chi connectivity index (χ0n) is 12.4. The van der Waals surface area contributed by atoms with Crippen LogP contribution in [0.4, 0.5) is 0 Å². The lowest BCUT2D eigenvalue weighted by Crippen LogP contribution is -2.45. The van der Waals surface area contributed by atoms with Gasteiger partial charge in [0, 0.05) is 19.5 Å². The van der Waals surface area contributed by atoms with Crippen LogP contribution in [0.2, 0.25) is 0 Å². The maximum atomic E-state index is 12.1. The van der Waals surface area contributed by atoms with Crippen LogP contribution in [0.25, 0.3) is 0 Å². The predicted octanol–water partition coefficient (Wildman–Crippen LogP) is 1.76. The summed E-state index contributed by atoms with van der Waals surface area (Å²) in [5.41, 5.74) is 5.26. The van der Waals surface area contributed by atoms with Crippen molar-refractivity contribution in [2.24, 2.45) is 17.1 Å². The van der Waals surface area contributed by atoms with Crippen LogP contribution >= 0.6 is 0 Å². The van der Waals surface area contributed by atoms with E-state index in [-0.39, 0.29) is 12.3 Å². The quantitative estimate of drug-likeness (QED) is 0.565. The molecule has 5 heteroatoms. The van der Waals surface area contributed by atoms with Crippen LogP contribution in [0, 0.1) is 11.3 Å². The molecule has 0 aromatic carbocycles. The van der Waals surface area contributed by atoms with Gasteiger partial charge in [-0.05, 0) is 31.6 Å². The summed E-state index contributed by atoms with van der Waals surface area (Å²) in [5, 5.41) is 11.5. The molecule has 0 spiro atoms. The molecule has 1 amide bonds. The molecule has 1 atom stereocenters. The van der Waals surface area contributed by atoms with E-state index in [1.54, 1.807) is 0 Å². The minimum atomic E-state index is -0.769. The van der Waals surface area contributed by atoms with Crippen molar-refractivity contribution in [3.05, 3.63) is 0 Å². The Morgan fingerprint density at radius 1 is 1.26 bits per heavy atom. The van der Waals surface area contributed by atoms with Crippen LogP contribution in [0.3, 0.4) is 0 Å². The van der Waals surface area contributed by atoms with Gasteiger partial charge in [-0.25, -0.2) is 0 Å². The van der Waals surface area contributed by atoms with Crippen molar-refractivity contribution in [3.63, 3.8) is 0 Å². The number of hydrogen-bond donors (Lipinski definition) is 3. The number of carbonyl (C=O) groups excluding carboxylic acids is 1. The fourth-order valence-electron chi connectivity index (χ4n) is 2.09. The van der Waals surface area contributed by atoms with E-state index in [0.717, 1.165) is 19.3 Å². The molecule has 0 saturated heterocycles. The first-order valence-electron chi connectivity index (χ1n) is 7.12. The van der Waals surface area contributed by atoms with Gasteiger partial charge in [0.05, 0.1) is 5.41 Å². The van der Waals surface area contributed by atoms with E-state index in [9.17, 15) is 9.59 Å². The van der Waals surface area contributed by atoms with E-state index in [1.165, 1.54) is 0 Å². The van der Waals surface area contributed by atoms with Gasteiger partial charge in [-0.3, -0.25) is 9.59 Å². The Kier molecular flexibility index (Phi) is 8.39. The number of carbonyl (C=O) groups is 2. The minimum absolute atomic E-state index is 0.0189. The third-order valence-corrected chi connectivity index (χ3v) is 4.00. The SMILES string of the molecule is CCC(CC)(CN)C(=O)NCCC(C)CCC(=O)O. The van der Waals surface area contributed by atoms with Gasteiger partial charge in [-0.2, -0.15) is 0 Å². The van der Waals surface area contributed by atoms with Crippen molar-refractivity contribution in [1.82, 2.24) is 5.32 Å². The van der Waals surface area contributed by atoms with Crippen molar-refractivity contribution < 1.29 is 14.7 Å². The van der Waals surface area contributed by atoms with Gasteiger partial charge >= 0.3 is 5.97 Å². The number of carboxylic acids is 1. The minimum Gasteiger partial charge on any atom is -0.481 e. The average Bonchev–Trinajstić information content (AvgIpc) is 2.39. The van der Waals surface area contributed by atoms with Crippen LogP contribution in [0.15, 0.2) is 0 Å². The number of carboxylic acid groups (broad SMARTS) is 1. The summed E-state index contributed by atoms with van der Waals surface area (Å²) in [4.78, 5) is 22.6. The Balaban J connectivity index is 4.05. The Bertz CT molecular complexity index is 280. The van der Waals surface area contributed by atoms with Gasteiger partial charge in [-0.1, -0.05) is 20.8 Å². The van der Waals surface area contributed by atoms with Crippen molar-refractivity contribution in [3.8, 4) is 0 Å². The van der Waals surface area contributed by atoms with E-state index < -0.39 is 11.4 Å². The summed E-state index contributed by atoms with van der Waals surface area (Å²) < 4.78 is 0. The molecule has 0 aromatic heterocycles. The highest BCUT2D eigenvalue weighted by Gasteiger charge is 2.32. The van der Waals surface area contributed by atoms with E-state index >= 15 is 0 Å². The Morgan fingerprint density at radius 2 is 1.84 bits per heavy atom. The normalized spacial score (nSPS) is 13.1. The number of amides is 1. The number of aliphatic carboxylic acids is 1. The first kappa shape index (κ1) is 17.9. The van der Waals surface area contributed by atoms with E-state index in [2.05, 4.69) is 5.32 Å². The molecular formula is C14H28N2O3. The van der Waals surface area contributed by atoms with Crippen LogP contribution in [0.1, 0.15) is 52.9 Å². The number of hydrogen-bond acceptors (Lipinski definition) is 3. The molecule has 4 N–H and O–H groups in total. The van der Waals surface area contributed by atoms with E-state index in [4.69, 9.17) is 10.8 Å². The lowest BCUT2D eigenvalue weighted by Gasteiger charge is -2.28. The van der Waals surface area contributed by atoms with Crippen LogP contribution in [0.5, 0.6) is 0 Å². The zero-order chi connectivity index (χ0) is 14.9. The van der Waals surface area contributed by atoms with E-state index in [0.29, 0.717) is 25.4 Å². The van der Waals surface area contributed by atoms with E-state index in [1.807, 2.05) is 20.8 Å². The largest absolute Gasteiger partial charge is 0.481 e.